The van der Waals surface area contributed by atoms with Gasteiger partial charge in [0.25, 0.3) is 0 Å². The Hall–Kier alpha value is -1.86. The predicted octanol–water partition coefficient (Wildman–Crippen LogP) is 4.25. The van der Waals surface area contributed by atoms with Crippen LogP contribution < -0.4 is 5.32 Å². The molecule has 0 aromatic carbocycles. The molecule has 0 aliphatic carbocycles. The Bertz CT molecular complexity index is 504. The topological polar surface area (TPSA) is 68.1 Å². The number of nitrogens with one attached hydrogen (secondary N) is 1. The van der Waals surface area contributed by atoms with Crippen molar-refractivity contribution in [2.45, 2.75) is 45.8 Å². The largest absolute Gasteiger partial charge is 0.433 e. The van der Waals surface area contributed by atoms with E-state index in [9.17, 15) is 23.3 Å². The van der Waals surface area contributed by atoms with Crippen molar-refractivity contribution >= 4 is 11.4 Å². The summed E-state index contributed by atoms with van der Waals surface area (Å²) in [5.41, 5.74) is -1.76. The minimum Gasteiger partial charge on any atom is -0.377 e. The number of hydrogen-bond acceptors (Lipinski definition) is 4. The first-order valence-electron chi connectivity index (χ1n) is 6.59. The SMILES string of the molecule is CC(C)CCC(C)Nc1cc(C(F)(F)F)ncc1[N+](=O)[O-]. The first kappa shape index (κ1) is 17.2. The molecule has 1 heterocycles. The second kappa shape index (κ2) is 6.73. The Morgan fingerprint density at radius 2 is 1.95 bits per heavy atom. The number of rotatable bonds is 6. The average molecular weight is 305 g/mol. The number of aromatic nitrogens is 1. The molecule has 0 aliphatic heterocycles. The molecule has 1 atom stereocenters. The zero-order chi connectivity index (χ0) is 16.2. The van der Waals surface area contributed by atoms with E-state index in [4.69, 9.17) is 0 Å². The van der Waals surface area contributed by atoms with Gasteiger partial charge in [-0.25, -0.2) is 4.98 Å². The Morgan fingerprint density at radius 1 is 1.33 bits per heavy atom. The fraction of sp³-hybridized carbons (Fsp3) is 0.615. The molecule has 21 heavy (non-hydrogen) atoms. The van der Waals surface area contributed by atoms with Gasteiger partial charge in [0.1, 0.15) is 17.6 Å². The van der Waals surface area contributed by atoms with Crippen molar-refractivity contribution in [1.29, 1.82) is 0 Å². The molecule has 1 aromatic heterocycles. The van der Waals surface area contributed by atoms with Crippen molar-refractivity contribution in [1.82, 2.24) is 4.98 Å². The molecule has 0 fully saturated rings. The van der Waals surface area contributed by atoms with Crippen LogP contribution in [0.2, 0.25) is 0 Å². The Morgan fingerprint density at radius 3 is 2.43 bits per heavy atom. The summed E-state index contributed by atoms with van der Waals surface area (Å²) in [5.74, 6) is 0.451. The van der Waals surface area contributed by atoms with E-state index < -0.39 is 22.5 Å². The maximum atomic E-state index is 12.6. The zero-order valence-electron chi connectivity index (χ0n) is 12.1. The lowest BCUT2D eigenvalue weighted by atomic mass is 10.0. The van der Waals surface area contributed by atoms with Crippen molar-refractivity contribution in [3.63, 3.8) is 0 Å². The predicted molar refractivity (Wildman–Crippen MR) is 73.1 cm³/mol. The lowest BCUT2D eigenvalue weighted by Crippen LogP contribution is -2.18. The molecule has 0 radical (unpaired) electrons. The lowest BCUT2D eigenvalue weighted by Gasteiger charge is -2.17. The van der Waals surface area contributed by atoms with Crippen LogP contribution in [0.4, 0.5) is 24.5 Å². The highest BCUT2D eigenvalue weighted by molar-refractivity contribution is 5.61. The second-order valence-electron chi connectivity index (χ2n) is 5.36. The molecule has 5 nitrogen and oxygen atoms in total. The molecule has 0 saturated carbocycles. The average Bonchev–Trinajstić information content (AvgIpc) is 2.34. The molecule has 0 spiro atoms. The Kier molecular flexibility index (Phi) is 5.51. The summed E-state index contributed by atoms with van der Waals surface area (Å²) in [6.45, 7) is 5.84. The third-order valence-electron chi connectivity index (χ3n) is 2.95. The van der Waals surface area contributed by atoms with Gasteiger partial charge >= 0.3 is 11.9 Å². The van der Waals surface area contributed by atoms with E-state index in [1.165, 1.54) is 0 Å². The van der Waals surface area contributed by atoms with Gasteiger partial charge in [0, 0.05) is 6.04 Å². The minimum atomic E-state index is -4.63. The number of alkyl halides is 3. The molecule has 0 amide bonds. The van der Waals surface area contributed by atoms with Crippen LogP contribution in [0.3, 0.4) is 0 Å². The summed E-state index contributed by atoms with van der Waals surface area (Å²) in [5, 5.41) is 13.7. The Balaban J connectivity index is 2.99. The third kappa shape index (κ3) is 5.20. The fourth-order valence-electron chi connectivity index (χ4n) is 1.79. The zero-order valence-corrected chi connectivity index (χ0v) is 12.1. The quantitative estimate of drug-likeness (QED) is 0.630. The summed E-state index contributed by atoms with van der Waals surface area (Å²) in [4.78, 5) is 13.2. The molecule has 1 rings (SSSR count). The van der Waals surface area contributed by atoms with Crippen LogP contribution in [0.15, 0.2) is 12.3 Å². The molecule has 1 N–H and O–H groups in total. The van der Waals surface area contributed by atoms with Crippen molar-refractivity contribution in [3.8, 4) is 0 Å². The van der Waals surface area contributed by atoms with Crippen LogP contribution in [-0.4, -0.2) is 15.9 Å². The van der Waals surface area contributed by atoms with Gasteiger partial charge in [0.05, 0.1) is 4.92 Å². The van der Waals surface area contributed by atoms with Gasteiger partial charge in [-0.3, -0.25) is 10.1 Å². The van der Waals surface area contributed by atoms with Crippen molar-refractivity contribution in [2.75, 3.05) is 5.32 Å². The van der Waals surface area contributed by atoms with Crippen LogP contribution in [0.1, 0.15) is 39.3 Å². The van der Waals surface area contributed by atoms with E-state index in [-0.39, 0.29) is 11.7 Å². The van der Waals surface area contributed by atoms with E-state index >= 15 is 0 Å². The number of halogens is 3. The highest BCUT2D eigenvalue weighted by Gasteiger charge is 2.34. The van der Waals surface area contributed by atoms with Gasteiger partial charge in [-0.05, 0) is 31.7 Å². The van der Waals surface area contributed by atoms with Crippen LogP contribution in [-0.2, 0) is 6.18 Å². The first-order valence-corrected chi connectivity index (χ1v) is 6.59. The maximum absolute atomic E-state index is 12.6. The molecule has 118 valence electrons. The monoisotopic (exact) mass is 305 g/mol. The van der Waals surface area contributed by atoms with Gasteiger partial charge in [0.2, 0.25) is 0 Å². The standard InChI is InChI=1S/C13H18F3N3O2/c1-8(2)4-5-9(3)18-10-6-12(13(14,15)16)17-7-11(10)19(20)21/h6-9H,4-5H2,1-3H3,(H,17,18). The number of hydrogen-bond donors (Lipinski definition) is 1. The molecule has 0 aliphatic rings. The summed E-state index contributed by atoms with van der Waals surface area (Å²) >= 11 is 0. The van der Waals surface area contributed by atoms with Gasteiger partial charge in [-0.2, -0.15) is 13.2 Å². The van der Waals surface area contributed by atoms with E-state index in [0.29, 0.717) is 24.6 Å². The molecular formula is C13H18F3N3O2. The van der Waals surface area contributed by atoms with Gasteiger partial charge in [0.15, 0.2) is 0 Å². The molecule has 8 heteroatoms. The van der Waals surface area contributed by atoms with Crippen LogP contribution in [0.5, 0.6) is 0 Å². The summed E-state index contributed by atoms with van der Waals surface area (Å²) in [6.07, 6.45) is -2.41. The lowest BCUT2D eigenvalue weighted by molar-refractivity contribution is -0.384. The minimum absolute atomic E-state index is 0.154. The molecule has 1 aromatic rings. The van der Waals surface area contributed by atoms with Gasteiger partial charge in [-0.15, -0.1) is 0 Å². The van der Waals surface area contributed by atoms with E-state index in [1.807, 2.05) is 13.8 Å². The van der Waals surface area contributed by atoms with Crippen LogP contribution in [0, 0.1) is 16.0 Å². The van der Waals surface area contributed by atoms with Crippen molar-refractivity contribution in [3.05, 3.63) is 28.1 Å². The van der Waals surface area contributed by atoms with E-state index in [2.05, 4.69) is 10.3 Å². The normalized spacial score (nSPS) is 13.3. The first-order chi connectivity index (χ1) is 9.61. The smallest absolute Gasteiger partial charge is 0.377 e. The van der Waals surface area contributed by atoms with E-state index in [0.717, 1.165) is 6.42 Å². The second-order valence-corrected chi connectivity index (χ2v) is 5.36. The number of anilines is 1. The van der Waals surface area contributed by atoms with Crippen molar-refractivity contribution < 1.29 is 18.1 Å². The highest BCUT2D eigenvalue weighted by Crippen LogP contribution is 2.33. The maximum Gasteiger partial charge on any atom is 0.433 e. The van der Waals surface area contributed by atoms with Crippen molar-refractivity contribution in [2.24, 2.45) is 5.92 Å². The van der Waals surface area contributed by atoms with E-state index in [1.54, 1.807) is 6.92 Å². The molecule has 0 bridgehead atoms. The van der Waals surface area contributed by atoms with Crippen LogP contribution >= 0.6 is 0 Å². The molecular weight excluding hydrogens is 287 g/mol. The third-order valence-corrected chi connectivity index (χ3v) is 2.95. The summed E-state index contributed by atoms with van der Waals surface area (Å²) in [6, 6.07) is 0.513. The highest BCUT2D eigenvalue weighted by atomic mass is 19.4. The Labute approximate surface area is 120 Å². The van der Waals surface area contributed by atoms with Gasteiger partial charge in [-0.1, -0.05) is 13.8 Å². The van der Waals surface area contributed by atoms with Gasteiger partial charge < -0.3 is 5.32 Å². The number of pyridine rings is 1. The van der Waals surface area contributed by atoms with Crippen LogP contribution in [0.25, 0.3) is 0 Å². The number of nitro groups is 1. The molecule has 0 saturated heterocycles. The number of nitrogens with zero attached hydrogens (tertiary/aromatic N) is 2. The fourth-order valence-corrected chi connectivity index (χ4v) is 1.79. The summed E-state index contributed by atoms with van der Waals surface area (Å²) in [7, 11) is 0. The molecule has 1 unspecified atom stereocenters. The summed E-state index contributed by atoms with van der Waals surface area (Å²) < 4.78 is 37.9.